The maximum atomic E-state index is 12.9. The summed E-state index contributed by atoms with van der Waals surface area (Å²) in [5.41, 5.74) is 0.231. The largest absolute Gasteiger partial charge is 0.493 e. The average molecular weight is 185 g/mol. The van der Waals surface area contributed by atoms with Gasteiger partial charge >= 0.3 is 5.97 Å². The Labute approximate surface area is 74.0 Å². The third-order valence-corrected chi connectivity index (χ3v) is 1.47. The fourth-order valence-electron chi connectivity index (χ4n) is 0.981. The molecule has 0 aliphatic heterocycles. The maximum Gasteiger partial charge on any atom is 0.308 e. The van der Waals surface area contributed by atoms with Gasteiger partial charge in [0.15, 0.2) is 11.6 Å². The van der Waals surface area contributed by atoms with Crippen molar-refractivity contribution in [2.45, 2.75) is 6.42 Å². The van der Waals surface area contributed by atoms with E-state index in [-0.39, 0.29) is 17.7 Å². The highest BCUT2D eigenvalue weighted by Crippen LogP contribution is 2.20. The second kappa shape index (κ2) is 3.84. The number of rotatable bonds is 3. The number of aromatic nitrogens is 1. The summed E-state index contributed by atoms with van der Waals surface area (Å²) in [6.07, 6.45) is 1.95. The predicted octanol–water partition coefficient (Wildman–Crippen LogP) is 0.856. The van der Waals surface area contributed by atoms with Crippen molar-refractivity contribution in [1.82, 2.24) is 4.98 Å². The molecule has 0 fully saturated rings. The van der Waals surface area contributed by atoms with E-state index in [4.69, 9.17) is 9.84 Å². The third kappa shape index (κ3) is 2.14. The number of hydrogen-bond acceptors (Lipinski definition) is 3. The highest BCUT2D eigenvalue weighted by atomic mass is 19.1. The van der Waals surface area contributed by atoms with Crippen LogP contribution in [-0.2, 0) is 11.2 Å². The lowest BCUT2D eigenvalue weighted by molar-refractivity contribution is -0.136. The highest BCUT2D eigenvalue weighted by molar-refractivity contribution is 5.71. The summed E-state index contributed by atoms with van der Waals surface area (Å²) in [5.74, 6) is -1.76. The van der Waals surface area contributed by atoms with Crippen molar-refractivity contribution in [2.75, 3.05) is 7.11 Å². The Morgan fingerprint density at radius 3 is 2.92 bits per heavy atom. The van der Waals surface area contributed by atoms with Gasteiger partial charge in [0.05, 0.1) is 19.7 Å². The standard InChI is InChI=1S/C8H8FNO3/c1-13-8-5(2-7(11)12)3-10-4-6(8)9/h3-4H,2H2,1H3,(H,11,12). The van der Waals surface area contributed by atoms with Crippen LogP contribution < -0.4 is 4.74 Å². The Bertz CT molecular complexity index is 327. The number of aliphatic carboxylic acids is 1. The quantitative estimate of drug-likeness (QED) is 0.758. The first-order valence-electron chi connectivity index (χ1n) is 3.53. The van der Waals surface area contributed by atoms with Gasteiger partial charge in [-0.3, -0.25) is 9.78 Å². The molecule has 13 heavy (non-hydrogen) atoms. The molecule has 1 aromatic rings. The van der Waals surface area contributed by atoms with Crippen molar-refractivity contribution in [3.8, 4) is 5.75 Å². The number of carboxylic acids is 1. The number of pyridine rings is 1. The van der Waals surface area contributed by atoms with Gasteiger partial charge in [0.1, 0.15) is 0 Å². The van der Waals surface area contributed by atoms with Gasteiger partial charge in [0, 0.05) is 11.8 Å². The molecule has 0 spiro atoms. The Hall–Kier alpha value is -1.65. The SMILES string of the molecule is COc1c(F)cncc1CC(=O)O. The Balaban J connectivity index is 3.05. The average Bonchev–Trinajstić information content (AvgIpc) is 2.03. The number of methoxy groups -OCH3 is 1. The molecule has 0 saturated heterocycles. The lowest BCUT2D eigenvalue weighted by Gasteiger charge is -2.05. The monoisotopic (exact) mass is 185 g/mol. The number of hydrogen-bond donors (Lipinski definition) is 1. The van der Waals surface area contributed by atoms with Crippen LogP contribution in [0.3, 0.4) is 0 Å². The van der Waals surface area contributed by atoms with Crippen molar-refractivity contribution < 1.29 is 19.0 Å². The molecule has 0 aliphatic rings. The van der Waals surface area contributed by atoms with Gasteiger partial charge in [-0.05, 0) is 0 Å². The lowest BCUT2D eigenvalue weighted by atomic mass is 10.2. The smallest absolute Gasteiger partial charge is 0.308 e. The zero-order valence-electron chi connectivity index (χ0n) is 6.95. The number of halogens is 1. The van der Waals surface area contributed by atoms with Crippen molar-refractivity contribution in [3.05, 3.63) is 23.8 Å². The highest BCUT2D eigenvalue weighted by Gasteiger charge is 2.11. The molecule has 0 atom stereocenters. The molecular formula is C8H8FNO3. The number of nitrogens with zero attached hydrogens (tertiary/aromatic N) is 1. The zero-order valence-corrected chi connectivity index (χ0v) is 6.95. The Morgan fingerprint density at radius 2 is 2.38 bits per heavy atom. The van der Waals surface area contributed by atoms with Gasteiger partial charge < -0.3 is 9.84 Å². The van der Waals surface area contributed by atoms with Crippen molar-refractivity contribution in [1.29, 1.82) is 0 Å². The fraction of sp³-hybridized carbons (Fsp3) is 0.250. The van der Waals surface area contributed by atoms with Crippen molar-refractivity contribution in [3.63, 3.8) is 0 Å². The molecule has 0 radical (unpaired) electrons. The summed E-state index contributed by atoms with van der Waals surface area (Å²) in [5, 5.41) is 8.47. The minimum Gasteiger partial charge on any atom is -0.493 e. The lowest BCUT2D eigenvalue weighted by Crippen LogP contribution is -2.04. The van der Waals surface area contributed by atoms with Crippen molar-refractivity contribution >= 4 is 5.97 Å². The van der Waals surface area contributed by atoms with Gasteiger partial charge in [-0.15, -0.1) is 0 Å². The number of carbonyl (C=O) groups is 1. The van der Waals surface area contributed by atoms with E-state index in [1.54, 1.807) is 0 Å². The first-order chi connectivity index (χ1) is 6.15. The molecule has 4 nitrogen and oxygen atoms in total. The molecule has 5 heteroatoms. The minimum atomic E-state index is -1.05. The molecule has 0 bridgehead atoms. The van der Waals surface area contributed by atoms with Crippen LogP contribution in [-0.4, -0.2) is 23.2 Å². The van der Waals surface area contributed by atoms with Gasteiger partial charge in [-0.2, -0.15) is 0 Å². The second-order valence-corrected chi connectivity index (χ2v) is 2.38. The van der Waals surface area contributed by atoms with Gasteiger partial charge in [-0.1, -0.05) is 0 Å². The molecular weight excluding hydrogens is 177 g/mol. The van der Waals surface area contributed by atoms with E-state index in [9.17, 15) is 9.18 Å². The molecule has 1 aromatic heterocycles. The van der Waals surface area contributed by atoms with Crippen LogP contribution in [0, 0.1) is 5.82 Å². The predicted molar refractivity (Wildman–Crippen MR) is 42.1 cm³/mol. The molecule has 0 aliphatic carbocycles. The summed E-state index contributed by atoms with van der Waals surface area (Å²) >= 11 is 0. The van der Waals surface area contributed by atoms with Gasteiger partial charge in [0.25, 0.3) is 0 Å². The zero-order chi connectivity index (χ0) is 9.84. The molecule has 70 valence electrons. The van der Waals surface area contributed by atoms with Crippen LogP contribution >= 0.6 is 0 Å². The van der Waals surface area contributed by atoms with E-state index in [1.165, 1.54) is 13.3 Å². The molecule has 0 saturated carbocycles. The van der Waals surface area contributed by atoms with Crippen LogP contribution in [0.5, 0.6) is 5.75 Å². The van der Waals surface area contributed by atoms with E-state index in [1.807, 2.05) is 0 Å². The Morgan fingerprint density at radius 1 is 1.69 bits per heavy atom. The topological polar surface area (TPSA) is 59.4 Å². The van der Waals surface area contributed by atoms with Crippen LogP contribution in [0.1, 0.15) is 5.56 Å². The van der Waals surface area contributed by atoms with Gasteiger partial charge in [0.2, 0.25) is 0 Å². The van der Waals surface area contributed by atoms with Crippen LogP contribution in [0.4, 0.5) is 4.39 Å². The molecule has 1 heterocycles. The second-order valence-electron chi connectivity index (χ2n) is 2.38. The summed E-state index contributed by atoms with van der Waals surface area (Å²) in [7, 11) is 1.28. The molecule has 1 rings (SSSR count). The minimum absolute atomic E-state index is 0.0580. The molecule has 0 amide bonds. The van der Waals surface area contributed by atoms with Crippen LogP contribution in [0.15, 0.2) is 12.4 Å². The summed E-state index contributed by atoms with van der Waals surface area (Å²) < 4.78 is 17.6. The number of ether oxygens (including phenoxy) is 1. The van der Waals surface area contributed by atoms with E-state index >= 15 is 0 Å². The molecule has 1 N–H and O–H groups in total. The van der Waals surface area contributed by atoms with E-state index in [2.05, 4.69) is 4.98 Å². The van der Waals surface area contributed by atoms with E-state index < -0.39 is 11.8 Å². The summed E-state index contributed by atoms with van der Waals surface area (Å²) in [6, 6.07) is 0. The normalized spacial score (nSPS) is 9.69. The maximum absolute atomic E-state index is 12.9. The van der Waals surface area contributed by atoms with Crippen LogP contribution in [0.2, 0.25) is 0 Å². The van der Waals surface area contributed by atoms with E-state index in [0.29, 0.717) is 0 Å². The summed E-state index contributed by atoms with van der Waals surface area (Å²) in [6.45, 7) is 0. The first kappa shape index (κ1) is 9.44. The Kier molecular flexibility index (Phi) is 2.79. The van der Waals surface area contributed by atoms with Crippen molar-refractivity contribution in [2.24, 2.45) is 0 Å². The van der Waals surface area contributed by atoms with E-state index in [0.717, 1.165) is 6.20 Å². The number of carboxylic acid groups (broad SMARTS) is 1. The third-order valence-electron chi connectivity index (χ3n) is 1.47. The first-order valence-corrected chi connectivity index (χ1v) is 3.53. The molecule has 0 unspecified atom stereocenters. The van der Waals surface area contributed by atoms with Crippen LogP contribution in [0.25, 0.3) is 0 Å². The summed E-state index contributed by atoms with van der Waals surface area (Å²) in [4.78, 5) is 13.9. The molecule has 0 aromatic carbocycles. The van der Waals surface area contributed by atoms with Gasteiger partial charge in [-0.25, -0.2) is 4.39 Å². The fourth-order valence-corrected chi connectivity index (χ4v) is 0.981.